The topological polar surface area (TPSA) is 57.4 Å². The van der Waals surface area contributed by atoms with Crippen LogP contribution in [0.5, 0.6) is 11.5 Å². The normalized spacial score (nSPS) is 10.4. The van der Waals surface area contributed by atoms with Crippen molar-refractivity contribution in [2.24, 2.45) is 0 Å². The minimum absolute atomic E-state index is 0.396. The van der Waals surface area contributed by atoms with Crippen LogP contribution in [0.4, 0.5) is 5.69 Å². The van der Waals surface area contributed by atoms with Gasteiger partial charge < -0.3 is 15.2 Å². The van der Waals surface area contributed by atoms with E-state index in [1.807, 2.05) is 39.0 Å². The highest BCUT2D eigenvalue weighted by atomic mass is 16.5. The molecule has 1 heterocycles. The average molecular weight is 272 g/mol. The molecule has 0 saturated heterocycles. The molecule has 1 aromatic carbocycles. The third kappa shape index (κ3) is 2.69. The van der Waals surface area contributed by atoms with Crippen LogP contribution >= 0.6 is 0 Å². The van der Waals surface area contributed by atoms with E-state index in [9.17, 15) is 0 Å². The molecule has 4 heteroatoms. The van der Waals surface area contributed by atoms with E-state index in [-0.39, 0.29) is 0 Å². The molecule has 0 unspecified atom stereocenters. The second-order valence-corrected chi connectivity index (χ2v) is 4.81. The second kappa shape index (κ2) is 5.82. The van der Waals surface area contributed by atoms with Crippen molar-refractivity contribution in [3.8, 4) is 11.5 Å². The van der Waals surface area contributed by atoms with Gasteiger partial charge >= 0.3 is 0 Å². The fourth-order valence-electron chi connectivity index (χ4n) is 2.15. The number of nitrogens with zero attached hydrogens (tertiary/aromatic N) is 1. The molecule has 2 N–H and O–H groups in total. The minimum Gasteiger partial charge on any atom is -0.496 e. The number of aromatic nitrogens is 1. The molecule has 0 fully saturated rings. The van der Waals surface area contributed by atoms with Gasteiger partial charge in [0.05, 0.1) is 12.8 Å². The van der Waals surface area contributed by atoms with Gasteiger partial charge in [-0.05, 0) is 32.9 Å². The van der Waals surface area contributed by atoms with E-state index in [0.29, 0.717) is 6.61 Å². The number of pyridine rings is 1. The lowest BCUT2D eigenvalue weighted by Crippen LogP contribution is -2.05. The molecule has 20 heavy (non-hydrogen) atoms. The SMILES string of the molecule is COc1c(C)cnc(COc2cccc(N)c2C)c1C. The number of ether oxygens (including phenoxy) is 2. The van der Waals surface area contributed by atoms with Gasteiger partial charge in [0.15, 0.2) is 0 Å². The number of hydrogen-bond acceptors (Lipinski definition) is 4. The van der Waals surface area contributed by atoms with Crippen LogP contribution in [0.2, 0.25) is 0 Å². The monoisotopic (exact) mass is 272 g/mol. The Hall–Kier alpha value is -2.23. The zero-order chi connectivity index (χ0) is 14.7. The first kappa shape index (κ1) is 14.2. The number of nitrogens with two attached hydrogens (primary N) is 1. The summed E-state index contributed by atoms with van der Waals surface area (Å²) in [6.07, 6.45) is 1.80. The van der Waals surface area contributed by atoms with Crippen LogP contribution in [0.3, 0.4) is 0 Å². The highest BCUT2D eigenvalue weighted by molar-refractivity contribution is 5.53. The Morgan fingerprint density at radius 3 is 2.60 bits per heavy atom. The Balaban J connectivity index is 2.21. The Morgan fingerprint density at radius 1 is 1.15 bits per heavy atom. The van der Waals surface area contributed by atoms with Crippen molar-refractivity contribution in [3.05, 3.63) is 46.8 Å². The largest absolute Gasteiger partial charge is 0.496 e. The van der Waals surface area contributed by atoms with Gasteiger partial charge in [0.25, 0.3) is 0 Å². The quantitative estimate of drug-likeness (QED) is 0.868. The van der Waals surface area contributed by atoms with Crippen molar-refractivity contribution in [3.63, 3.8) is 0 Å². The summed E-state index contributed by atoms with van der Waals surface area (Å²) in [5.74, 6) is 1.65. The second-order valence-electron chi connectivity index (χ2n) is 4.81. The fourth-order valence-corrected chi connectivity index (χ4v) is 2.15. The van der Waals surface area contributed by atoms with Crippen LogP contribution in [0, 0.1) is 20.8 Å². The first-order valence-corrected chi connectivity index (χ1v) is 6.51. The summed E-state index contributed by atoms with van der Waals surface area (Å²) >= 11 is 0. The highest BCUT2D eigenvalue weighted by Gasteiger charge is 2.10. The third-order valence-corrected chi connectivity index (χ3v) is 3.44. The number of anilines is 1. The maximum absolute atomic E-state index is 5.87. The van der Waals surface area contributed by atoms with Crippen molar-refractivity contribution < 1.29 is 9.47 Å². The molecule has 0 aliphatic heterocycles. The lowest BCUT2D eigenvalue weighted by atomic mass is 10.1. The molecular formula is C16H20N2O2. The summed E-state index contributed by atoms with van der Waals surface area (Å²) in [7, 11) is 1.67. The standard InChI is InChI=1S/C16H20N2O2/c1-10-8-18-14(12(3)16(10)19-4)9-20-15-7-5-6-13(17)11(15)2/h5-8H,9,17H2,1-4H3. The lowest BCUT2D eigenvalue weighted by molar-refractivity contribution is 0.297. The number of nitrogen functional groups attached to an aromatic ring is 1. The molecule has 0 aliphatic carbocycles. The number of methoxy groups -OCH3 is 1. The maximum atomic E-state index is 5.87. The van der Waals surface area contributed by atoms with Gasteiger partial charge in [0.1, 0.15) is 18.1 Å². The van der Waals surface area contributed by atoms with Crippen molar-refractivity contribution >= 4 is 5.69 Å². The predicted octanol–water partition coefficient (Wildman–Crippen LogP) is 3.18. The average Bonchev–Trinajstić information content (AvgIpc) is 2.43. The Bertz CT molecular complexity index is 624. The molecule has 1 aromatic heterocycles. The van der Waals surface area contributed by atoms with Gasteiger partial charge in [-0.15, -0.1) is 0 Å². The Labute approximate surface area is 119 Å². The Morgan fingerprint density at radius 2 is 1.90 bits per heavy atom. The number of rotatable bonds is 4. The van der Waals surface area contributed by atoms with Crippen LogP contribution < -0.4 is 15.2 Å². The van der Waals surface area contributed by atoms with Crippen LogP contribution in [0.1, 0.15) is 22.4 Å². The van der Waals surface area contributed by atoms with Gasteiger partial charge in [0, 0.05) is 28.6 Å². The molecule has 0 saturated carbocycles. The van der Waals surface area contributed by atoms with E-state index in [4.69, 9.17) is 15.2 Å². The van der Waals surface area contributed by atoms with E-state index in [1.54, 1.807) is 13.3 Å². The zero-order valence-corrected chi connectivity index (χ0v) is 12.4. The van der Waals surface area contributed by atoms with Gasteiger partial charge in [-0.2, -0.15) is 0 Å². The van der Waals surface area contributed by atoms with Crippen molar-refractivity contribution in [2.45, 2.75) is 27.4 Å². The van der Waals surface area contributed by atoms with E-state index < -0.39 is 0 Å². The molecule has 0 bridgehead atoms. The predicted molar refractivity (Wildman–Crippen MR) is 80.2 cm³/mol. The van der Waals surface area contributed by atoms with E-state index >= 15 is 0 Å². The molecule has 2 aromatic rings. The van der Waals surface area contributed by atoms with Crippen LogP contribution in [0.15, 0.2) is 24.4 Å². The number of hydrogen-bond donors (Lipinski definition) is 1. The van der Waals surface area contributed by atoms with Gasteiger partial charge in [0.2, 0.25) is 0 Å². The molecule has 2 rings (SSSR count). The van der Waals surface area contributed by atoms with E-state index in [2.05, 4.69) is 4.98 Å². The summed E-state index contributed by atoms with van der Waals surface area (Å²) in [6.45, 7) is 6.31. The molecule has 0 amide bonds. The first-order chi connectivity index (χ1) is 9.54. The third-order valence-electron chi connectivity index (χ3n) is 3.44. The van der Waals surface area contributed by atoms with E-state index in [0.717, 1.165) is 39.6 Å². The van der Waals surface area contributed by atoms with Crippen molar-refractivity contribution in [1.29, 1.82) is 0 Å². The first-order valence-electron chi connectivity index (χ1n) is 6.51. The summed E-state index contributed by atoms with van der Waals surface area (Å²) < 4.78 is 11.2. The molecule has 0 spiro atoms. The highest BCUT2D eigenvalue weighted by Crippen LogP contribution is 2.27. The zero-order valence-electron chi connectivity index (χ0n) is 12.4. The van der Waals surface area contributed by atoms with Gasteiger partial charge in [-0.3, -0.25) is 4.98 Å². The summed E-state index contributed by atoms with van der Waals surface area (Å²) in [5, 5.41) is 0. The Kier molecular flexibility index (Phi) is 4.13. The maximum Gasteiger partial charge on any atom is 0.131 e. The smallest absolute Gasteiger partial charge is 0.131 e. The van der Waals surface area contributed by atoms with Crippen LogP contribution in [-0.2, 0) is 6.61 Å². The van der Waals surface area contributed by atoms with Gasteiger partial charge in [-0.25, -0.2) is 0 Å². The molecular weight excluding hydrogens is 252 g/mol. The lowest BCUT2D eigenvalue weighted by Gasteiger charge is -2.14. The number of aryl methyl sites for hydroxylation is 1. The summed E-state index contributed by atoms with van der Waals surface area (Å²) in [6, 6.07) is 5.65. The molecule has 0 radical (unpaired) electrons. The van der Waals surface area contributed by atoms with Crippen LogP contribution in [-0.4, -0.2) is 12.1 Å². The molecule has 106 valence electrons. The van der Waals surface area contributed by atoms with Crippen molar-refractivity contribution in [2.75, 3.05) is 12.8 Å². The number of benzene rings is 1. The van der Waals surface area contributed by atoms with Crippen LogP contribution in [0.25, 0.3) is 0 Å². The molecule has 4 nitrogen and oxygen atoms in total. The van der Waals surface area contributed by atoms with Gasteiger partial charge in [-0.1, -0.05) is 6.07 Å². The fraction of sp³-hybridized carbons (Fsp3) is 0.312. The summed E-state index contributed by atoms with van der Waals surface area (Å²) in [5.41, 5.74) is 10.4. The van der Waals surface area contributed by atoms with Crippen molar-refractivity contribution in [1.82, 2.24) is 4.98 Å². The summed E-state index contributed by atoms with van der Waals surface area (Å²) in [4.78, 5) is 4.42. The van der Waals surface area contributed by atoms with E-state index in [1.165, 1.54) is 0 Å². The molecule has 0 atom stereocenters. The molecule has 0 aliphatic rings. The minimum atomic E-state index is 0.396.